The fourth-order valence-corrected chi connectivity index (χ4v) is 5.57. The van der Waals surface area contributed by atoms with Crippen molar-refractivity contribution < 1.29 is 9.47 Å². The summed E-state index contributed by atoms with van der Waals surface area (Å²) < 4.78 is 11.5. The molecule has 0 fully saturated rings. The highest BCUT2D eigenvalue weighted by atomic mass is 35.5. The fourth-order valence-electron chi connectivity index (χ4n) is 5.24. The minimum Gasteiger partial charge on any atom is -0.495 e. The third-order valence-electron chi connectivity index (χ3n) is 7.15. The van der Waals surface area contributed by atoms with Gasteiger partial charge < -0.3 is 14.4 Å². The molecule has 0 atom stereocenters. The third-order valence-corrected chi connectivity index (χ3v) is 7.56. The third kappa shape index (κ3) is 4.66. The number of hydrogen-bond donors (Lipinski definition) is 0. The Hall–Kier alpha value is -4.73. The number of rotatable bonds is 7. The highest BCUT2D eigenvalue weighted by Gasteiger charge is 2.19. The van der Waals surface area contributed by atoms with Crippen molar-refractivity contribution in [1.82, 2.24) is 0 Å². The Balaban J connectivity index is 1.43. The van der Waals surface area contributed by atoms with Crippen LogP contribution in [-0.4, -0.2) is 14.2 Å². The van der Waals surface area contributed by atoms with Crippen LogP contribution in [0.1, 0.15) is 11.1 Å². The van der Waals surface area contributed by atoms with Crippen molar-refractivity contribution in [1.29, 1.82) is 0 Å². The summed E-state index contributed by atoms with van der Waals surface area (Å²) in [6, 6.07) is 41.1. The maximum absolute atomic E-state index is 6.81. The summed E-state index contributed by atoms with van der Waals surface area (Å²) in [6.45, 7) is 0. The van der Waals surface area contributed by atoms with E-state index in [1.165, 1.54) is 0 Å². The summed E-state index contributed by atoms with van der Waals surface area (Å²) >= 11 is 6.81. The predicted molar refractivity (Wildman–Crippen MR) is 170 cm³/mol. The van der Waals surface area contributed by atoms with E-state index in [0.29, 0.717) is 0 Å². The van der Waals surface area contributed by atoms with Crippen molar-refractivity contribution in [3.63, 3.8) is 0 Å². The van der Waals surface area contributed by atoms with E-state index in [4.69, 9.17) is 21.1 Å². The number of fused-ring (bicyclic) bond motifs is 2. The molecule has 0 saturated heterocycles. The first-order valence-corrected chi connectivity index (χ1v) is 13.5. The molecule has 0 unspecified atom stereocenters. The van der Waals surface area contributed by atoms with Gasteiger partial charge in [0.1, 0.15) is 11.5 Å². The number of nitrogens with zero attached hydrogens (tertiary/aromatic N) is 1. The molecule has 0 radical (unpaired) electrons. The second-order valence-electron chi connectivity index (χ2n) is 9.42. The van der Waals surface area contributed by atoms with Gasteiger partial charge >= 0.3 is 0 Å². The molecule has 0 saturated carbocycles. The minimum absolute atomic E-state index is 0.777. The molecule has 4 heteroatoms. The van der Waals surface area contributed by atoms with E-state index >= 15 is 0 Å². The summed E-state index contributed by atoms with van der Waals surface area (Å²) in [4.78, 5) is 2.16. The van der Waals surface area contributed by atoms with Crippen molar-refractivity contribution in [2.24, 2.45) is 0 Å². The van der Waals surface area contributed by atoms with Crippen LogP contribution in [0.3, 0.4) is 0 Å². The van der Waals surface area contributed by atoms with E-state index in [1.54, 1.807) is 14.2 Å². The second kappa shape index (κ2) is 11.2. The number of methoxy groups -OCH3 is 2. The molecule has 6 aromatic rings. The molecule has 3 nitrogen and oxygen atoms in total. The Kier molecular flexibility index (Phi) is 7.13. The summed E-state index contributed by atoms with van der Waals surface area (Å²) in [7, 11) is 3.38. The number of ether oxygens (including phenoxy) is 2. The number of para-hydroxylation sites is 4. The Bertz CT molecular complexity index is 1740. The zero-order valence-corrected chi connectivity index (χ0v) is 23.1. The van der Waals surface area contributed by atoms with E-state index in [1.807, 2.05) is 48.5 Å². The van der Waals surface area contributed by atoms with Gasteiger partial charge in [-0.05, 0) is 58.3 Å². The Morgan fingerprint density at radius 2 is 0.975 bits per heavy atom. The van der Waals surface area contributed by atoms with E-state index < -0.39 is 0 Å². The lowest BCUT2D eigenvalue weighted by Crippen LogP contribution is -2.12. The van der Waals surface area contributed by atoms with Crippen LogP contribution in [0.4, 0.5) is 17.1 Å². The molecule has 0 heterocycles. The normalized spacial score (nSPS) is 11.3. The molecule has 0 aliphatic heterocycles. The van der Waals surface area contributed by atoms with E-state index in [9.17, 15) is 0 Å². The quantitative estimate of drug-likeness (QED) is 0.148. The second-order valence-corrected chi connectivity index (χ2v) is 9.80. The highest BCUT2D eigenvalue weighted by molar-refractivity contribution is 6.41. The Labute approximate surface area is 239 Å². The molecule has 0 aromatic heterocycles. The standard InChI is InChI=1S/C36H28ClNO2/c1-39-34-17-9-7-15-32(34)38(33-16-8-10-18-35(33)40-2)26-22-19-25(20-23-26)21-24-29-27-11-3-5-13-30(27)36(37)31-14-6-4-12-28(29)31/h3-24H,1-2H3. The zero-order chi connectivity index (χ0) is 27.5. The largest absolute Gasteiger partial charge is 0.495 e. The van der Waals surface area contributed by atoms with Gasteiger partial charge in [0.15, 0.2) is 0 Å². The Morgan fingerprint density at radius 1 is 0.525 bits per heavy atom. The molecular weight excluding hydrogens is 514 g/mol. The zero-order valence-electron chi connectivity index (χ0n) is 22.3. The van der Waals surface area contributed by atoms with Crippen LogP contribution in [0.15, 0.2) is 121 Å². The lowest BCUT2D eigenvalue weighted by atomic mass is 9.96. The number of benzene rings is 6. The van der Waals surface area contributed by atoms with Gasteiger partial charge in [-0.15, -0.1) is 0 Å². The molecule has 6 aromatic carbocycles. The lowest BCUT2D eigenvalue weighted by molar-refractivity contribution is 0.412. The van der Waals surface area contributed by atoms with E-state index in [0.717, 1.165) is 66.3 Å². The van der Waals surface area contributed by atoms with Crippen molar-refractivity contribution in [3.05, 3.63) is 137 Å². The van der Waals surface area contributed by atoms with E-state index in [-0.39, 0.29) is 0 Å². The number of halogens is 1. The number of hydrogen-bond acceptors (Lipinski definition) is 3. The van der Waals surface area contributed by atoms with Crippen molar-refractivity contribution >= 4 is 62.4 Å². The molecule has 6 rings (SSSR count). The lowest BCUT2D eigenvalue weighted by Gasteiger charge is -2.28. The molecule has 0 amide bonds. The highest BCUT2D eigenvalue weighted by Crippen LogP contribution is 2.44. The summed E-state index contributed by atoms with van der Waals surface area (Å²) in [5.74, 6) is 1.55. The van der Waals surface area contributed by atoms with Crippen LogP contribution in [0.25, 0.3) is 33.7 Å². The van der Waals surface area contributed by atoms with Crippen LogP contribution < -0.4 is 14.4 Å². The maximum Gasteiger partial charge on any atom is 0.142 e. The van der Waals surface area contributed by atoms with Crippen molar-refractivity contribution in [2.75, 3.05) is 19.1 Å². The summed E-state index contributed by atoms with van der Waals surface area (Å²) in [5.41, 5.74) is 5.10. The maximum atomic E-state index is 6.81. The predicted octanol–water partition coefficient (Wildman–Crippen LogP) is 10.3. The Morgan fingerprint density at radius 3 is 1.48 bits per heavy atom. The molecule has 0 aliphatic carbocycles. The van der Waals surface area contributed by atoms with Gasteiger partial charge in [-0.25, -0.2) is 0 Å². The smallest absolute Gasteiger partial charge is 0.142 e. The minimum atomic E-state index is 0.777. The average Bonchev–Trinajstić information content (AvgIpc) is 3.02. The topological polar surface area (TPSA) is 21.7 Å². The molecule has 40 heavy (non-hydrogen) atoms. The molecule has 196 valence electrons. The van der Waals surface area contributed by atoms with E-state index in [2.05, 4.69) is 89.8 Å². The SMILES string of the molecule is COc1ccccc1N(c1ccc(C=Cc2c3ccccc3c(Cl)c3ccccc23)cc1)c1ccccc1OC. The number of anilines is 3. The molecular formula is C36H28ClNO2. The van der Waals surface area contributed by atoms with Gasteiger partial charge in [0, 0.05) is 16.5 Å². The summed E-state index contributed by atoms with van der Waals surface area (Å²) in [5, 5.41) is 5.18. The molecule has 0 N–H and O–H groups in total. The fraction of sp³-hybridized carbons (Fsp3) is 0.0556. The van der Waals surface area contributed by atoms with Crippen molar-refractivity contribution in [2.45, 2.75) is 0 Å². The van der Waals surface area contributed by atoms with Crippen LogP contribution in [0.2, 0.25) is 5.02 Å². The molecule has 0 bridgehead atoms. The molecule has 0 spiro atoms. The van der Waals surface area contributed by atoms with Crippen LogP contribution in [0, 0.1) is 0 Å². The van der Waals surface area contributed by atoms with Gasteiger partial charge in [-0.2, -0.15) is 0 Å². The first-order valence-electron chi connectivity index (χ1n) is 13.1. The summed E-state index contributed by atoms with van der Waals surface area (Å²) in [6.07, 6.45) is 4.34. The van der Waals surface area contributed by atoms with Gasteiger partial charge in [-0.3, -0.25) is 0 Å². The van der Waals surface area contributed by atoms with Gasteiger partial charge in [0.2, 0.25) is 0 Å². The first-order chi connectivity index (χ1) is 19.7. The van der Waals surface area contributed by atoms with Gasteiger partial charge in [0.05, 0.1) is 30.6 Å². The van der Waals surface area contributed by atoms with Gasteiger partial charge in [0.25, 0.3) is 0 Å². The monoisotopic (exact) mass is 541 g/mol. The first kappa shape index (κ1) is 25.5. The van der Waals surface area contributed by atoms with Crippen LogP contribution in [-0.2, 0) is 0 Å². The van der Waals surface area contributed by atoms with Crippen molar-refractivity contribution in [3.8, 4) is 11.5 Å². The van der Waals surface area contributed by atoms with Gasteiger partial charge in [-0.1, -0.05) is 109 Å². The average molecular weight is 542 g/mol. The molecule has 0 aliphatic rings. The van der Waals surface area contributed by atoms with Crippen LogP contribution >= 0.6 is 11.6 Å². The van der Waals surface area contributed by atoms with Crippen LogP contribution in [0.5, 0.6) is 11.5 Å².